The van der Waals surface area contributed by atoms with Crippen molar-refractivity contribution in [2.45, 2.75) is 53.1 Å². The lowest BCUT2D eigenvalue weighted by Crippen LogP contribution is -2.19. The number of rotatable bonds is 6. The van der Waals surface area contributed by atoms with Crippen LogP contribution in [0.5, 0.6) is 0 Å². The minimum absolute atomic E-state index is 0.0442. The zero-order chi connectivity index (χ0) is 22.7. The molecule has 0 saturated carbocycles. The summed E-state index contributed by atoms with van der Waals surface area (Å²) in [5.74, 6) is -1.45. The highest BCUT2D eigenvalue weighted by atomic mass is 32.1. The number of halogens is 3. The minimum Gasteiger partial charge on any atom is -0.462 e. The Morgan fingerprint density at radius 2 is 1.77 bits per heavy atom. The minimum atomic E-state index is -4.67. The Morgan fingerprint density at radius 1 is 1.13 bits per heavy atom. The number of hydrogen-bond donors (Lipinski definition) is 1. The third-order valence-corrected chi connectivity index (χ3v) is 5.64. The summed E-state index contributed by atoms with van der Waals surface area (Å²) in [6, 6.07) is 6.21. The van der Waals surface area contributed by atoms with Crippen LogP contribution < -0.4 is 5.32 Å². The average molecular weight is 442 g/mol. The number of alkyl halides is 3. The molecule has 0 aliphatic carbocycles. The first-order valence-corrected chi connectivity index (χ1v) is 10.4. The largest absolute Gasteiger partial charge is 0.462 e. The summed E-state index contributed by atoms with van der Waals surface area (Å²) in [5, 5.41) is 2.68. The van der Waals surface area contributed by atoms with Gasteiger partial charge in [-0.05, 0) is 42.9 Å². The van der Waals surface area contributed by atoms with Gasteiger partial charge in [0.15, 0.2) is 0 Å². The Morgan fingerprint density at radius 3 is 2.33 bits per heavy atom. The smallest absolute Gasteiger partial charge is 0.417 e. The lowest BCUT2D eigenvalue weighted by Gasteiger charge is -2.22. The van der Waals surface area contributed by atoms with Gasteiger partial charge in [-0.3, -0.25) is 4.79 Å². The Hall–Kier alpha value is -2.35. The molecule has 1 amide bonds. The third-order valence-electron chi connectivity index (χ3n) is 4.35. The fourth-order valence-corrected chi connectivity index (χ4v) is 4.32. The topological polar surface area (TPSA) is 55.4 Å². The highest BCUT2D eigenvalue weighted by Gasteiger charge is 2.35. The van der Waals surface area contributed by atoms with E-state index in [0.717, 1.165) is 23.4 Å². The van der Waals surface area contributed by atoms with E-state index in [2.05, 4.69) is 26.1 Å². The van der Waals surface area contributed by atoms with Gasteiger partial charge in [0.1, 0.15) is 5.00 Å². The molecule has 4 nitrogen and oxygen atoms in total. The van der Waals surface area contributed by atoms with Crippen LogP contribution in [-0.2, 0) is 10.9 Å². The van der Waals surface area contributed by atoms with Crippen LogP contribution in [0, 0.1) is 5.41 Å². The monoisotopic (exact) mass is 441 g/mol. The van der Waals surface area contributed by atoms with Gasteiger partial charge in [-0.2, -0.15) is 13.2 Å². The standard InChI is InChI=1S/C22H26F3NO3S/c1-6-29-20(28)15-11-17(13(2)12-21(3,4)5)30-19(15)26-18(27)14-9-7-8-10-16(14)22(23,24)25/h7-11,13H,6,12H2,1-5H3,(H,26,27)/t13-/m1/s1. The van der Waals surface area contributed by atoms with Crippen molar-refractivity contribution in [1.29, 1.82) is 0 Å². The number of carbonyl (C=O) groups excluding carboxylic acids is 2. The number of hydrogen-bond acceptors (Lipinski definition) is 4. The molecule has 1 aromatic heterocycles. The zero-order valence-electron chi connectivity index (χ0n) is 17.6. The van der Waals surface area contributed by atoms with Crippen molar-refractivity contribution in [2.24, 2.45) is 5.41 Å². The number of nitrogens with one attached hydrogen (secondary N) is 1. The van der Waals surface area contributed by atoms with Crippen LogP contribution in [-0.4, -0.2) is 18.5 Å². The Kier molecular flexibility index (Phi) is 7.34. The van der Waals surface area contributed by atoms with Gasteiger partial charge in [-0.15, -0.1) is 11.3 Å². The number of benzene rings is 1. The molecule has 1 atom stereocenters. The second-order valence-corrected chi connectivity index (χ2v) is 9.36. The molecule has 164 valence electrons. The summed E-state index contributed by atoms with van der Waals surface area (Å²) < 4.78 is 44.9. The van der Waals surface area contributed by atoms with E-state index < -0.39 is 29.2 Å². The van der Waals surface area contributed by atoms with Gasteiger partial charge in [0, 0.05) is 4.88 Å². The van der Waals surface area contributed by atoms with Gasteiger partial charge < -0.3 is 10.1 Å². The molecule has 0 bridgehead atoms. The van der Waals surface area contributed by atoms with E-state index in [9.17, 15) is 22.8 Å². The van der Waals surface area contributed by atoms with E-state index in [0.29, 0.717) is 0 Å². The summed E-state index contributed by atoms with van der Waals surface area (Å²) in [6.45, 7) is 10.1. The fourth-order valence-electron chi connectivity index (χ4n) is 3.22. The first kappa shape index (κ1) is 23.9. The lowest BCUT2D eigenvalue weighted by molar-refractivity contribution is -0.137. The van der Waals surface area contributed by atoms with Crippen LogP contribution in [0.25, 0.3) is 0 Å². The Balaban J connectivity index is 2.41. The SMILES string of the molecule is CCOC(=O)c1cc([C@H](C)CC(C)(C)C)sc1NC(=O)c1ccccc1C(F)(F)F. The van der Waals surface area contributed by atoms with Crippen molar-refractivity contribution in [3.05, 3.63) is 51.9 Å². The number of ether oxygens (including phenoxy) is 1. The fraction of sp³-hybridized carbons (Fsp3) is 0.455. The molecule has 0 fully saturated rings. The highest BCUT2D eigenvalue weighted by molar-refractivity contribution is 7.16. The van der Waals surface area contributed by atoms with Gasteiger partial charge in [0.05, 0.1) is 23.3 Å². The molecule has 2 aromatic rings. The second-order valence-electron chi connectivity index (χ2n) is 8.28. The van der Waals surface area contributed by atoms with Crippen molar-refractivity contribution in [3.63, 3.8) is 0 Å². The number of amides is 1. The van der Waals surface area contributed by atoms with Crippen molar-refractivity contribution < 1.29 is 27.5 Å². The number of anilines is 1. The van der Waals surface area contributed by atoms with Crippen LogP contribution in [0.4, 0.5) is 18.2 Å². The van der Waals surface area contributed by atoms with Gasteiger partial charge in [0.2, 0.25) is 0 Å². The first-order valence-electron chi connectivity index (χ1n) is 9.62. The maximum atomic E-state index is 13.3. The molecule has 1 heterocycles. The molecule has 0 radical (unpaired) electrons. The van der Waals surface area contributed by atoms with Crippen LogP contribution in [0.3, 0.4) is 0 Å². The molecule has 0 saturated heterocycles. The average Bonchev–Trinajstić information content (AvgIpc) is 3.04. The Labute approximate surface area is 178 Å². The molecular weight excluding hydrogens is 415 g/mol. The van der Waals surface area contributed by atoms with Crippen molar-refractivity contribution in [2.75, 3.05) is 11.9 Å². The van der Waals surface area contributed by atoms with Gasteiger partial charge in [0.25, 0.3) is 5.91 Å². The van der Waals surface area contributed by atoms with Crippen molar-refractivity contribution >= 4 is 28.2 Å². The van der Waals surface area contributed by atoms with Gasteiger partial charge in [-0.25, -0.2) is 4.79 Å². The molecule has 1 aromatic carbocycles. The first-order chi connectivity index (χ1) is 13.8. The molecule has 0 spiro atoms. The summed E-state index contributed by atoms with van der Waals surface area (Å²) in [7, 11) is 0. The number of esters is 1. The van der Waals surface area contributed by atoms with Crippen LogP contribution in [0.1, 0.15) is 78.1 Å². The van der Waals surface area contributed by atoms with E-state index in [-0.39, 0.29) is 28.5 Å². The maximum absolute atomic E-state index is 13.3. The van der Waals surface area contributed by atoms with Gasteiger partial charge >= 0.3 is 12.1 Å². The predicted molar refractivity (Wildman–Crippen MR) is 112 cm³/mol. The van der Waals surface area contributed by atoms with Crippen molar-refractivity contribution in [3.8, 4) is 0 Å². The van der Waals surface area contributed by atoms with E-state index in [1.165, 1.54) is 23.5 Å². The van der Waals surface area contributed by atoms with E-state index in [1.54, 1.807) is 13.0 Å². The van der Waals surface area contributed by atoms with Crippen LogP contribution in [0.15, 0.2) is 30.3 Å². The summed E-state index contributed by atoms with van der Waals surface area (Å²) in [6.07, 6.45) is -3.83. The molecule has 0 unspecified atom stereocenters. The summed E-state index contributed by atoms with van der Waals surface area (Å²) in [5.41, 5.74) is -1.34. The van der Waals surface area contributed by atoms with E-state index in [1.807, 2.05) is 6.92 Å². The van der Waals surface area contributed by atoms with E-state index >= 15 is 0 Å². The molecule has 1 N–H and O–H groups in total. The molecule has 0 aliphatic rings. The number of carbonyl (C=O) groups is 2. The van der Waals surface area contributed by atoms with Crippen molar-refractivity contribution in [1.82, 2.24) is 0 Å². The van der Waals surface area contributed by atoms with E-state index in [4.69, 9.17) is 4.74 Å². The zero-order valence-corrected chi connectivity index (χ0v) is 18.5. The molecular formula is C22H26F3NO3S. The second kappa shape index (κ2) is 9.20. The normalized spacial score (nSPS) is 13.1. The molecule has 2 rings (SSSR count). The Bertz CT molecular complexity index is 913. The summed E-state index contributed by atoms with van der Waals surface area (Å²) >= 11 is 1.18. The molecule has 0 aliphatic heterocycles. The van der Waals surface area contributed by atoms with Crippen LogP contribution in [0.2, 0.25) is 0 Å². The van der Waals surface area contributed by atoms with Crippen LogP contribution >= 0.6 is 11.3 Å². The predicted octanol–water partition coefficient (Wildman–Crippen LogP) is 6.74. The maximum Gasteiger partial charge on any atom is 0.417 e. The quantitative estimate of drug-likeness (QED) is 0.505. The lowest BCUT2D eigenvalue weighted by atomic mass is 9.85. The molecule has 8 heteroatoms. The number of thiophene rings is 1. The summed E-state index contributed by atoms with van der Waals surface area (Å²) in [4.78, 5) is 25.9. The molecule has 30 heavy (non-hydrogen) atoms. The van der Waals surface area contributed by atoms with Gasteiger partial charge in [-0.1, -0.05) is 39.8 Å². The third kappa shape index (κ3) is 6.08. The highest BCUT2D eigenvalue weighted by Crippen LogP contribution is 2.39.